The topological polar surface area (TPSA) is 113 Å². The Labute approximate surface area is 166 Å². The second-order valence-electron chi connectivity index (χ2n) is 7.64. The molecule has 2 amide bonds. The second kappa shape index (κ2) is 7.65. The van der Waals surface area contributed by atoms with E-state index >= 15 is 0 Å². The number of benzene rings is 1. The average molecular weight is 402 g/mol. The van der Waals surface area contributed by atoms with Gasteiger partial charge in [-0.25, -0.2) is 9.37 Å². The van der Waals surface area contributed by atoms with E-state index in [1.54, 1.807) is 0 Å². The van der Waals surface area contributed by atoms with Gasteiger partial charge in [-0.3, -0.25) is 19.0 Å². The summed E-state index contributed by atoms with van der Waals surface area (Å²) in [6.07, 6.45) is 1.58. The third-order valence-corrected chi connectivity index (χ3v) is 5.13. The summed E-state index contributed by atoms with van der Waals surface area (Å²) in [6.45, 7) is 4.19. The van der Waals surface area contributed by atoms with Gasteiger partial charge in [-0.15, -0.1) is 0 Å². The molecule has 1 aliphatic heterocycles. The summed E-state index contributed by atoms with van der Waals surface area (Å²) >= 11 is 0. The van der Waals surface area contributed by atoms with Crippen LogP contribution >= 0.6 is 0 Å². The maximum Gasteiger partial charge on any atom is 0.296 e. The van der Waals surface area contributed by atoms with Crippen molar-refractivity contribution in [3.63, 3.8) is 0 Å². The predicted octanol–water partition coefficient (Wildman–Crippen LogP) is 1.45. The predicted molar refractivity (Wildman–Crippen MR) is 103 cm³/mol. The standard InChI is InChI=1S/C20H23FN4O4/c1-20(2)7-4-8-25-18(29)15(26)14(24-19(20)25)17(28)23-10-11-5-6-12(21)9-13(11)16(27)22-3/h5-6,9,26H,4,7-8,10H2,1-3H3,(H,22,27)(H,23,28). The molecule has 3 N–H and O–H groups in total. The Hall–Kier alpha value is -3.23. The van der Waals surface area contributed by atoms with Gasteiger partial charge in [0.1, 0.15) is 11.6 Å². The van der Waals surface area contributed by atoms with Crippen LogP contribution in [0.4, 0.5) is 4.39 Å². The largest absolute Gasteiger partial charge is 0.501 e. The van der Waals surface area contributed by atoms with E-state index in [2.05, 4.69) is 15.6 Å². The maximum atomic E-state index is 13.5. The first kappa shape index (κ1) is 20.5. The fraction of sp³-hybridized carbons (Fsp3) is 0.400. The molecule has 8 nitrogen and oxygen atoms in total. The molecule has 0 unspecified atom stereocenters. The van der Waals surface area contributed by atoms with Crippen LogP contribution in [0.2, 0.25) is 0 Å². The van der Waals surface area contributed by atoms with Gasteiger partial charge in [0.15, 0.2) is 5.69 Å². The van der Waals surface area contributed by atoms with E-state index in [0.29, 0.717) is 17.9 Å². The molecule has 9 heteroatoms. The van der Waals surface area contributed by atoms with Crippen molar-refractivity contribution in [2.45, 2.75) is 45.2 Å². The van der Waals surface area contributed by atoms with E-state index in [1.807, 2.05) is 13.8 Å². The molecule has 0 fully saturated rings. The Bertz CT molecular complexity index is 1050. The number of carbonyl (C=O) groups excluding carboxylic acids is 2. The van der Waals surface area contributed by atoms with Crippen LogP contribution in [0, 0.1) is 5.82 Å². The monoisotopic (exact) mass is 402 g/mol. The number of nitrogens with one attached hydrogen (secondary N) is 2. The maximum absolute atomic E-state index is 13.5. The van der Waals surface area contributed by atoms with Gasteiger partial charge in [0.2, 0.25) is 5.75 Å². The molecule has 0 saturated carbocycles. The lowest BCUT2D eigenvalue weighted by Crippen LogP contribution is -2.39. The van der Waals surface area contributed by atoms with Gasteiger partial charge < -0.3 is 15.7 Å². The Morgan fingerprint density at radius 2 is 2.03 bits per heavy atom. The number of aromatic hydroxyl groups is 1. The molecule has 29 heavy (non-hydrogen) atoms. The highest BCUT2D eigenvalue weighted by molar-refractivity contribution is 5.96. The van der Waals surface area contributed by atoms with Crippen LogP contribution < -0.4 is 16.2 Å². The lowest BCUT2D eigenvalue weighted by atomic mass is 9.84. The highest BCUT2D eigenvalue weighted by Gasteiger charge is 2.33. The van der Waals surface area contributed by atoms with Gasteiger partial charge in [0, 0.05) is 31.1 Å². The van der Waals surface area contributed by atoms with Crippen molar-refractivity contribution in [3.05, 3.63) is 57.0 Å². The summed E-state index contributed by atoms with van der Waals surface area (Å²) in [5.41, 5.74) is -0.963. The third kappa shape index (κ3) is 3.85. The summed E-state index contributed by atoms with van der Waals surface area (Å²) < 4.78 is 14.9. The smallest absolute Gasteiger partial charge is 0.296 e. The number of rotatable bonds is 4. The van der Waals surface area contributed by atoms with E-state index in [4.69, 9.17) is 0 Å². The minimum Gasteiger partial charge on any atom is -0.501 e. The molecule has 0 aliphatic carbocycles. The number of nitrogens with zero attached hydrogens (tertiary/aromatic N) is 2. The summed E-state index contributed by atoms with van der Waals surface area (Å²) in [7, 11) is 1.42. The number of fused-ring (bicyclic) bond motifs is 1. The molecular weight excluding hydrogens is 379 g/mol. The van der Waals surface area contributed by atoms with Crippen molar-refractivity contribution in [2.24, 2.45) is 0 Å². The number of aromatic nitrogens is 2. The zero-order valence-corrected chi connectivity index (χ0v) is 16.5. The molecule has 3 rings (SSSR count). The molecule has 1 aliphatic rings. The van der Waals surface area contributed by atoms with Crippen molar-refractivity contribution in [1.82, 2.24) is 20.2 Å². The molecule has 2 heterocycles. The molecule has 1 aromatic carbocycles. The summed E-state index contributed by atoms with van der Waals surface area (Å²) in [6, 6.07) is 3.64. The van der Waals surface area contributed by atoms with Gasteiger partial charge in [-0.2, -0.15) is 0 Å². The zero-order chi connectivity index (χ0) is 21.3. The first-order valence-corrected chi connectivity index (χ1v) is 9.28. The SMILES string of the molecule is CNC(=O)c1cc(F)ccc1CNC(=O)c1nc2n(c(=O)c1O)CCCC2(C)C. The van der Waals surface area contributed by atoms with Crippen LogP contribution in [-0.2, 0) is 18.5 Å². The molecule has 2 aromatic rings. The third-order valence-electron chi connectivity index (χ3n) is 5.13. The van der Waals surface area contributed by atoms with Crippen molar-refractivity contribution >= 4 is 11.8 Å². The van der Waals surface area contributed by atoms with Crippen LogP contribution in [0.25, 0.3) is 0 Å². The van der Waals surface area contributed by atoms with E-state index in [-0.39, 0.29) is 17.8 Å². The van der Waals surface area contributed by atoms with E-state index in [1.165, 1.54) is 23.7 Å². The van der Waals surface area contributed by atoms with Gasteiger partial charge >= 0.3 is 0 Å². The molecule has 0 radical (unpaired) electrons. The average Bonchev–Trinajstić information content (AvgIpc) is 2.68. The minimum absolute atomic E-state index is 0.0802. The van der Waals surface area contributed by atoms with Crippen LogP contribution in [-0.4, -0.2) is 33.5 Å². The summed E-state index contributed by atoms with van der Waals surface area (Å²) in [5, 5.41) is 15.2. The van der Waals surface area contributed by atoms with Gasteiger partial charge in [-0.05, 0) is 30.5 Å². The van der Waals surface area contributed by atoms with Gasteiger partial charge in [-0.1, -0.05) is 19.9 Å². The first-order chi connectivity index (χ1) is 13.7. The first-order valence-electron chi connectivity index (χ1n) is 9.28. The van der Waals surface area contributed by atoms with Crippen LogP contribution in [0.15, 0.2) is 23.0 Å². The Morgan fingerprint density at radius 1 is 1.31 bits per heavy atom. The fourth-order valence-electron chi connectivity index (χ4n) is 3.53. The number of amides is 2. The zero-order valence-electron chi connectivity index (χ0n) is 16.5. The van der Waals surface area contributed by atoms with Crippen molar-refractivity contribution in [2.75, 3.05) is 7.05 Å². The summed E-state index contributed by atoms with van der Waals surface area (Å²) in [4.78, 5) is 41.4. The number of hydrogen-bond donors (Lipinski definition) is 3. The van der Waals surface area contributed by atoms with Crippen molar-refractivity contribution in [3.8, 4) is 5.75 Å². The Balaban J connectivity index is 1.91. The van der Waals surface area contributed by atoms with E-state index in [0.717, 1.165) is 18.9 Å². The Morgan fingerprint density at radius 3 is 2.72 bits per heavy atom. The second-order valence-corrected chi connectivity index (χ2v) is 7.64. The summed E-state index contributed by atoms with van der Waals surface area (Å²) in [5.74, 6) is -2.10. The molecule has 1 aromatic heterocycles. The van der Waals surface area contributed by atoms with Crippen molar-refractivity contribution in [1.29, 1.82) is 0 Å². The molecule has 0 spiro atoms. The Kier molecular flexibility index (Phi) is 5.41. The normalized spacial score (nSPS) is 14.8. The number of hydrogen-bond acceptors (Lipinski definition) is 5. The lowest BCUT2D eigenvalue weighted by Gasteiger charge is -2.32. The molecular formula is C20H23FN4O4. The van der Waals surface area contributed by atoms with E-state index in [9.17, 15) is 23.9 Å². The van der Waals surface area contributed by atoms with Crippen molar-refractivity contribution < 1.29 is 19.1 Å². The van der Waals surface area contributed by atoms with Gasteiger partial charge in [0.25, 0.3) is 17.4 Å². The molecule has 154 valence electrons. The highest BCUT2D eigenvalue weighted by Crippen LogP contribution is 2.31. The van der Waals surface area contributed by atoms with E-state index < -0.39 is 34.4 Å². The minimum atomic E-state index is -0.753. The van der Waals surface area contributed by atoms with Crippen LogP contribution in [0.3, 0.4) is 0 Å². The molecule has 0 atom stereocenters. The quantitative estimate of drug-likeness (QED) is 0.716. The van der Waals surface area contributed by atoms with Crippen LogP contribution in [0.1, 0.15) is 58.9 Å². The lowest BCUT2D eigenvalue weighted by molar-refractivity contribution is 0.0932. The fourth-order valence-corrected chi connectivity index (χ4v) is 3.53. The highest BCUT2D eigenvalue weighted by atomic mass is 19.1. The number of halogens is 1. The molecule has 0 saturated heterocycles. The van der Waals surface area contributed by atoms with Crippen LogP contribution in [0.5, 0.6) is 5.75 Å². The van der Waals surface area contributed by atoms with Gasteiger partial charge in [0.05, 0.1) is 0 Å². The molecule has 0 bridgehead atoms. The number of carbonyl (C=O) groups is 2.